The van der Waals surface area contributed by atoms with Gasteiger partial charge in [-0.05, 0) is 36.1 Å². The molecule has 1 atom stereocenters. The van der Waals surface area contributed by atoms with Gasteiger partial charge in [-0.1, -0.05) is 18.2 Å². The molecule has 2 aliphatic heterocycles. The molecule has 19 heavy (non-hydrogen) atoms. The van der Waals surface area contributed by atoms with Crippen molar-refractivity contribution < 1.29 is 9.59 Å². The first-order valence-electron chi connectivity index (χ1n) is 6.40. The molecule has 2 aliphatic rings. The summed E-state index contributed by atoms with van der Waals surface area (Å²) in [6.07, 6.45) is 2.08. The topological polar surface area (TPSA) is 58.2 Å². The summed E-state index contributed by atoms with van der Waals surface area (Å²) >= 11 is 0. The standard InChI is InChI=1S/C14H16N2O2.ClH/c17-13-4-3-12(14(18)16-13)10-1-2-11-8-15-6-5-9(11)7-10;/h1-2,7,12,15H,3-6,8H2,(H,16,17,18);1H. The van der Waals surface area contributed by atoms with Crippen LogP contribution in [-0.2, 0) is 22.6 Å². The van der Waals surface area contributed by atoms with Gasteiger partial charge >= 0.3 is 0 Å². The summed E-state index contributed by atoms with van der Waals surface area (Å²) in [6, 6.07) is 6.25. The number of piperidine rings is 1. The van der Waals surface area contributed by atoms with Crippen molar-refractivity contribution in [2.45, 2.75) is 31.7 Å². The maximum atomic E-state index is 11.8. The molecule has 0 bridgehead atoms. The van der Waals surface area contributed by atoms with Gasteiger partial charge in [-0.25, -0.2) is 0 Å². The third kappa shape index (κ3) is 2.80. The largest absolute Gasteiger partial charge is 0.312 e. The molecule has 4 nitrogen and oxygen atoms in total. The molecule has 0 aliphatic carbocycles. The summed E-state index contributed by atoms with van der Waals surface area (Å²) in [5.41, 5.74) is 3.69. The van der Waals surface area contributed by atoms with Crippen molar-refractivity contribution in [3.8, 4) is 0 Å². The fourth-order valence-corrected chi connectivity index (χ4v) is 2.73. The van der Waals surface area contributed by atoms with Gasteiger partial charge in [0.2, 0.25) is 11.8 Å². The molecule has 0 aromatic heterocycles. The Balaban J connectivity index is 0.00000133. The van der Waals surface area contributed by atoms with Gasteiger partial charge in [0.05, 0.1) is 5.92 Å². The summed E-state index contributed by atoms with van der Waals surface area (Å²) in [4.78, 5) is 23.0. The van der Waals surface area contributed by atoms with Crippen LogP contribution in [0.3, 0.4) is 0 Å². The fourth-order valence-electron chi connectivity index (χ4n) is 2.73. The molecule has 5 heteroatoms. The van der Waals surface area contributed by atoms with E-state index >= 15 is 0 Å². The van der Waals surface area contributed by atoms with Crippen LogP contribution in [0.2, 0.25) is 0 Å². The lowest BCUT2D eigenvalue weighted by atomic mass is 9.87. The monoisotopic (exact) mass is 280 g/mol. The first kappa shape index (κ1) is 14.0. The van der Waals surface area contributed by atoms with E-state index in [1.807, 2.05) is 6.07 Å². The molecule has 0 saturated carbocycles. The zero-order valence-electron chi connectivity index (χ0n) is 10.6. The smallest absolute Gasteiger partial charge is 0.234 e. The highest BCUT2D eigenvalue weighted by molar-refractivity contribution is 6.00. The molecule has 1 aromatic rings. The van der Waals surface area contributed by atoms with E-state index in [-0.39, 0.29) is 30.1 Å². The average molecular weight is 281 g/mol. The number of benzene rings is 1. The zero-order chi connectivity index (χ0) is 12.5. The molecule has 1 saturated heterocycles. The second kappa shape index (κ2) is 5.72. The number of rotatable bonds is 1. The van der Waals surface area contributed by atoms with Crippen molar-refractivity contribution in [3.05, 3.63) is 34.9 Å². The van der Waals surface area contributed by atoms with Gasteiger partial charge in [0.25, 0.3) is 0 Å². The highest BCUT2D eigenvalue weighted by atomic mass is 35.5. The second-order valence-electron chi connectivity index (χ2n) is 4.96. The number of hydrogen-bond donors (Lipinski definition) is 2. The third-order valence-electron chi connectivity index (χ3n) is 3.76. The molecule has 0 radical (unpaired) electrons. The van der Waals surface area contributed by atoms with Gasteiger partial charge in [-0.3, -0.25) is 14.9 Å². The van der Waals surface area contributed by atoms with E-state index in [0.29, 0.717) is 12.8 Å². The number of hydrogen-bond acceptors (Lipinski definition) is 3. The van der Waals surface area contributed by atoms with Crippen molar-refractivity contribution in [2.24, 2.45) is 0 Å². The molecule has 102 valence electrons. The van der Waals surface area contributed by atoms with Crippen LogP contribution in [0, 0.1) is 0 Å². The minimum Gasteiger partial charge on any atom is -0.312 e. The number of imide groups is 1. The van der Waals surface area contributed by atoms with Gasteiger partial charge in [0.15, 0.2) is 0 Å². The van der Waals surface area contributed by atoms with Crippen molar-refractivity contribution >= 4 is 24.2 Å². The molecule has 1 unspecified atom stereocenters. The predicted molar refractivity (Wildman–Crippen MR) is 74.2 cm³/mol. The van der Waals surface area contributed by atoms with Crippen LogP contribution in [-0.4, -0.2) is 18.4 Å². The van der Waals surface area contributed by atoms with Crippen molar-refractivity contribution in [1.82, 2.24) is 10.6 Å². The Bertz CT molecular complexity index is 516. The molecular formula is C14H17ClN2O2. The lowest BCUT2D eigenvalue weighted by molar-refractivity contribution is -0.134. The van der Waals surface area contributed by atoms with E-state index in [2.05, 4.69) is 22.8 Å². The SMILES string of the molecule is Cl.O=C1CCC(c2ccc3c(c2)CCNC3)C(=O)N1. The second-order valence-corrected chi connectivity index (χ2v) is 4.96. The number of halogens is 1. The minimum absolute atomic E-state index is 0. The first-order chi connectivity index (χ1) is 8.74. The van der Waals surface area contributed by atoms with E-state index in [1.54, 1.807) is 0 Å². The Hall–Kier alpha value is -1.39. The molecule has 2 heterocycles. The summed E-state index contributed by atoms with van der Waals surface area (Å²) in [6.45, 7) is 1.90. The average Bonchev–Trinajstić information content (AvgIpc) is 2.38. The van der Waals surface area contributed by atoms with Gasteiger partial charge in [-0.2, -0.15) is 0 Å². The number of amides is 2. The van der Waals surface area contributed by atoms with Gasteiger partial charge in [-0.15, -0.1) is 12.4 Å². The molecule has 0 spiro atoms. The van der Waals surface area contributed by atoms with E-state index in [9.17, 15) is 9.59 Å². The predicted octanol–water partition coefficient (Wildman–Crippen LogP) is 1.27. The normalized spacial score (nSPS) is 22.2. The van der Waals surface area contributed by atoms with E-state index in [4.69, 9.17) is 0 Å². The molecular weight excluding hydrogens is 264 g/mol. The van der Waals surface area contributed by atoms with Gasteiger partial charge < -0.3 is 5.32 Å². The highest BCUT2D eigenvalue weighted by Crippen LogP contribution is 2.27. The van der Waals surface area contributed by atoms with Crippen molar-refractivity contribution in [3.63, 3.8) is 0 Å². The van der Waals surface area contributed by atoms with Crippen LogP contribution >= 0.6 is 12.4 Å². The quantitative estimate of drug-likeness (QED) is 0.762. The van der Waals surface area contributed by atoms with Crippen LogP contribution < -0.4 is 10.6 Å². The summed E-state index contributed by atoms with van der Waals surface area (Å²) in [7, 11) is 0. The van der Waals surface area contributed by atoms with Crippen LogP contribution in [0.4, 0.5) is 0 Å². The first-order valence-corrected chi connectivity index (χ1v) is 6.40. The van der Waals surface area contributed by atoms with E-state index in [1.165, 1.54) is 11.1 Å². The zero-order valence-corrected chi connectivity index (χ0v) is 11.4. The lowest BCUT2D eigenvalue weighted by Gasteiger charge is -2.23. The van der Waals surface area contributed by atoms with Crippen LogP contribution in [0.5, 0.6) is 0 Å². The Labute approximate surface area is 118 Å². The Morgan fingerprint density at radius 1 is 1.11 bits per heavy atom. The van der Waals surface area contributed by atoms with Crippen LogP contribution in [0.1, 0.15) is 35.4 Å². The summed E-state index contributed by atoms with van der Waals surface area (Å²) in [5, 5.41) is 5.75. The third-order valence-corrected chi connectivity index (χ3v) is 3.76. The summed E-state index contributed by atoms with van der Waals surface area (Å²) in [5.74, 6) is -0.471. The van der Waals surface area contributed by atoms with Gasteiger partial charge in [0, 0.05) is 13.0 Å². The number of fused-ring (bicyclic) bond motifs is 1. The molecule has 1 fully saturated rings. The Kier molecular flexibility index (Phi) is 4.22. The van der Waals surface area contributed by atoms with Crippen LogP contribution in [0.15, 0.2) is 18.2 Å². The van der Waals surface area contributed by atoms with Gasteiger partial charge in [0.1, 0.15) is 0 Å². The minimum atomic E-state index is -0.164. The fraction of sp³-hybridized carbons (Fsp3) is 0.429. The number of carbonyl (C=O) groups excluding carboxylic acids is 2. The van der Waals surface area contributed by atoms with E-state index in [0.717, 1.165) is 25.1 Å². The number of carbonyl (C=O) groups is 2. The molecule has 1 aromatic carbocycles. The van der Waals surface area contributed by atoms with Crippen LogP contribution in [0.25, 0.3) is 0 Å². The van der Waals surface area contributed by atoms with E-state index < -0.39 is 0 Å². The lowest BCUT2D eigenvalue weighted by Crippen LogP contribution is -2.39. The molecule has 2 N–H and O–H groups in total. The summed E-state index contributed by atoms with van der Waals surface area (Å²) < 4.78 is 0. The highest BCUT2D eigenvalue weighted by Gasteiger charge is 2.28. The Morgan fingerprint density at radius 2 is 1.95 bits per heavy atom. The number of nitrogens with one attached hydrogen (secondary N) is 2. The maximum Gasteiger partial charge on any atom is 0.234 e. The molecule has 2 amide bonds. The Morgan fingerprint density at radius 3 is 2.74 bits per heavy atom. The van der Waals surface area contributed by atoms with Crippen molar-refractivity contribution in [1.29, 1.82) is 0 Å². The molecule has 3 rings (SSSR count). The van der Waals surface area contributed by atoms with Crippen molar-refractivity contribution in [2.75, 3.05) is 6.54 Å². The maximum absolute atomic E-state index is 11.8.